The molecule has 1 aromatic carbocycles. The van der Waals surface area contributed by atoms with E-state index >= 15 is 0 Å². The summed E-state index contributed by atoms with van der Waals surface area (Å²) in [6.07, 6.45) is 0.342. The number of hydrogen-bond donors (Lipinski definition) is 3. The maximum atomic E-state index is 11.4. The lowest BCUT2D eigenvalue weighted by molar-refractivity contribution is -0.121. The Balaban J connectivity index is 0.00000361. The zero-order valence-corrected chi connectivity index (χ0v) is 14.5. The highest BCUT2D eigenvalue weighted by Gasteiger charge is 2.02. The Kier molecular flexibility index (Phi) is 8.94. The van der Waals surface area contributed by atoms with Crippen molar-refractivity contribution in [2.24, 2.45) is 10.7 Å². The van der Waals surface area contributed by atoms with Crippen LogP contribution in [0.3, 0.4) is 0 Å². The molecule has 1 rings (SSSR count). The Bertz CT molecular complexity index is 443. The van der Waals surface area contributed by atoms with Gasteiger partial charge in [-0.3, -0.25) is 9.79 Å². The number of carbonyl (C=O) groups excluding carboxylic acids is 1. The first-order valence-corrected chi connectivity index (χ1v) is 6.40. The number of guanidine groups is 1. The van der Waals surface area contributed by atoms with Crippen LogP contribution in [0.1, 0.15) is 25.8 Å². The Morgan fingerprint density at radius 3 is 2.45 bits per heavy atom. The van der Waals surface area contributed by atoms with Gasteiger partial charge >= 0.3 is 0 Å². The molecule has 1 amide bonds. The lowest BCUT2D eigenvalue weighted by Gasteiger charge is -2.08. The highest BCUT2D eigenvalue weighted by atomic mass is 127. The summed E-state index contributed by atoms with van der Waals surface area (Å²) in [6, 6.07) is 8.00. The fourth-order valence-electron chi connectivity index (χ4n) is 1.50. The average Bonchev–Trinajstić information content (AvgIpc) is 2.31. The number of halogens is 1. The molecule has 0 aromatic heterocycles. The van der Waals surface area contributed by atoms with Crippen LogP contribution >= 0.6 is 24.0 Å². The van der Waals surface area contributed by atoms with E-state index < -0.39 is 0 Å². The van der Waals surface area contributed by atoms with Crippen LogP contribution in [-0.4, -0.2) is 24.5 Å². The molecule has 0 aliphatic heterocycles. The normalized spacial score (nSPS) is 10.9. The molecule has 0 saturated heterocycles. The summed E-state index contributed by atoms with van der Waals surface area (Å²) >= 11 is 0. The minimum atomic E-state index is -0.0121. The fourth-order valence-corrected chi connectivity index (χ4v) is 1.50. The lowest BCUT2D eigenvalue weighted by Crippen LogP contribution is -2.30. The van der Waals surface area contributed by atoms with Gasteiger partial charge in [0.05, 0.1) is 6.54 Å². The number of rotatable bonds is 5. The van der Waals surface area contributed by atoms with Gasteiger partial charge in [-0.15, -0.1) is 24.0 Å². The van der Waals surface area contributed by atoms with Crippen LogP contribution in [0, 0.1) is 6.92 Å². The number of nitrogens with two attached hydrogens (primary N) is 1. The summed E-state index contributed by atoms with van der Waals surface area (Å²) < 4.78 is 0. The molecule has 0 unspecified atom stereocenters. The van der Waals surface area contributed by atoms with Gasteiger partial charge < -0.3 is 16.4 Å². The Hall–Kier alpha value is -1.31. The van der Waals surface area contributed by atoms with Gasteiger partial charge in [0.2, 0.25) is 5.91 Å². The van der Waals surface area contributed by atoms with Gasteiger partial charge in [-0.1, -0.05) is 17.7 Å². The maximum absolute atomic E-state index is 11.4. The maximum Gasteiger partial charge on any atom is 0.222 e. The lowest BCUT2D eigenvalue weighted by atomic mass is 10.2. The number of nitrogens with one attached hydrogen (secondary N) is 2. The third-order valence-corrected chi connectivity index (χ3v) is 2.39. The number of aliphatic imine (C=N–C) groups is 1. The minimum Gasteiger partial charge on any atom is -0.370 e. The average molecular weight is 390 g/mol. The van der Waals surface area contributed by atoms with Gasteiger partial charge in [-0.25, -0.2) is 0 Å². The summed E-state index contributed by atoms with van der Waals surface area (Å²) in [7, 11) is 0. The zero-order valence-electron chi connectivity index (χ0n) is 12.1. The molecule has 0 saturated carbocycles. The first-order chi connectivity index (χ1) is 8.97. The number of nitrogens with zero attached hydrogens (tertiary/aromatic N) is 1. The SMILES string of the molecule is Cc1ccc(NC(N)=NCCC(=O)NC(C)C)cc1.I. The molecule has 1 aromatic rings. The van der Waals surface area contributed by atoms with Crippen LogP contribution in [0.2, 0.25) is 0 Å². The molecule has 0 aliphatic rings. The highest BCUT2D eigenvalue weighted by Crippen LogP contribution is 2.07. The molecule has 0 heterocycles. The quantitative estimate of drug-likeness (QED) is 0.410. The monoisotopic (exact) mass is 390 g/mol. The fraction of sp³-hybridized carbons (Fsp3) is 0.429. The van der Waals surface area contributed by atoms with Crippen molar-refractivity contribution in [2.75, 3.05) is 11.9 Å². The standard InChI is InChI=1S/C14H22N4O.HI/c1-10(2)17-13(19)8-9-16-14(15)18-12-6-4-11(3)5-7-12;/h4-7,10H,8-9H2,1-3H3,(H,17,19)(H3,15,16,18);1H. The van der Waals surface area contributed by atoms with E-state index in [1.807, 2.05) is 45.0 Å². The second-order valence-electron chi connectivity index (χ2n) is 4.73. The Morgan fingerprint density at radius 2 is 1.90 bits per heavy atom. The van der Waals surface area contributed by atoms with Crippen molar-refractivity contribution in [1.82, 2.24) is 5.32 Å². The predicted molar refractivity (Wildman–Crippen MR) is 94.6 cm³/mol. The Morgan fingerprint density at radius 1 is 1.30 bits per heavy atom. The number of amides is 1. The molecule has 0 atom stereocenters. The van der Waals surface area contributed by atoms with Crippen molar-refractivity contribution >= 4 is 41.5 Å². The number of benzene rings is 1. The van der Waals surface area contributed by atoms with Gasteiger partial charge in [0.1, 0.15) is 0 Å². The van der Waals surface area contributed by atoms with Crippen LogP contribution in [0.4, 0.5) is 5.69 Å². The second kappa shape index (κ2) is 9.57. The van der Waals surface area contributed by atoms with Crippen molar-refractivity contribution in [1.29, 1.82) is 0 Å². The van der Waals surface area contributed by atoms with Crippen LogP contribution in [-0.2, 0) is 4.79 Å². The first-order valence-electron chi connectivity index (χ1n) is 6.40. The second-order valence-corrected chi connectivity index (χ2v) is 4.73. The molecule has 20 heavy (non-hydrogen) atoms. The third kappa shape index (κ3) is 7.98. The smallest absolute Gasteiger partial charge is 0.222 e. The Labute approximate surface area is 137 Å². The van der Waals surface area contributed by atoms with E-state index in [1.54, 1.807) is 0 Å². The molecular formula is C14H23IN4O. The number of hydrogen-bond acceptors (Lipinski definition) is 2. The predicted octanol–water partition coefficient (Wildman–Crippen LogP) is 2.25. The topological polar surface area (TPSA) is 79.5 Å². The van der Waals surface area contributed by atoms with E-state index in [0.29, 0.717) is 18.9 Å². The van der Waals surface area contributed by atoms with E-state index in [9.17, 15) is 4.79 Å². The van der Waals surface area contributed by atoms with Crippen LogP contribution in [0.5, 0.6) is 0 Å². The summed E-state index contributed by atoms with van der Waals surface area (Å²) in [5.74, 6) is 0.308. The third-order valence-electron chi connectivity index (χ3n) is 2.39. The van der Waals surface area contributed by atoms with Crippen molar-refractivity contribution in [2.45, 2.75) is 33.2 Å². The molecule has 6 heteroatoms. The van der Waals surface area contributed by atoms with E-state index in [-0.39, 0.29) is 35.9 Å². The van der Waals surface area contributed by atoms with Gasteiger partial charge in [0.25, 0.3) is 0 Å². The van der Waals surface area contributed by atoms with E-state index in [4.69, 9.17) is 5.73 Å². The van der Waals surface area contributed by atoms with E-state index in [0.717, 1.165) is 5.69 Å². The molecule has 0 radical (unpaired) electrons. The van der Waals surface area contributed by atoms with Gasteiger partial charge in [0.15, 0.2) is 5.96 Å². The minimum absolute atomic E-state index is 0. The van der Waals surface area contributed by atoms with E-state index in [2.05, 4.69) is 15.6 Å². The van der Waals surface area contributed by atoms with Gasteiger partial charge in [-0.2, -0.15) is 0 Å². The number of carbonyl (C=O) groups is 1. The first kappa shape index (κ1) is 18.7. The summed E-state index contributed by atoms with van der Waals surface area (Å²) in [5.41, 5.74) is 7.81. The number of aryl methyl sites for hydroxylation is 1. The molecule has 112 valence electrons. The summed E-state index contributed by atoms with van der Waals surface area (Å²) in [6.45, 7) is 6.25. The summed E-state index contributed by atoms with van der Waals surface area (Å²) in [4.78, 5) is 15.5. The van der Waals surface area contributed by atoms with Crippen molar-refractivity contribution < 1.29 is 4.79 Å². The van der Waals surface area contributed by atoms with Gasteiger partial charge in [-0.05, 0) is 32.9 Å². The largest absolute Gasteiger partial charge is 0.370 e. The van der Waals surface area contributed by atoms with Crippen molar-refractivity contribution in [3.63, 3.8) is 0 Å². The van der Waals surface area contributed by atoms with Crippen LogP contribution < -0.4 is 16.4 Å². The molecule has 0 fully saturated rings. The molecule has 0 bridgehead atoms. The molecule has 0 aliphatic carbocycles. The summed E-state index contributed by atoms with van der Waals surface area (Å²) in [5, 5.41) is 5.78. The van der Waals surface area contributed by atoms with Crippen LogP contribution in [0.25, 0.3) is 0 Å². The molecule has 4 N–H and O–H groups in total. The van der Waals surface area contributed by atoms with Crippen molar-refractivity contribution in [3.8, 4) is 0 Å². The molecule has 5 nitrogen and oxygen atoms in total. The number of anilines is 1. The molecular weight excluding hydrogens is 367 g/mol. The van der Waals surface area contributed by atoms with E-state index in [1.165, 1.54) is 5.56 Å². The highest BCUT2D eigenvalue weighted by molar-refractivity contribution is 14.0. The van der Waals surface area contributed by atoms with Gasteiger partial charge in [0, 0.05) is 18.2 Å². The van der Waals surface area contributed by atoms with Crippen LogP contribution in [0.15, 0.2) is 29.3 Å². The van der Waals surface area contributed by atoms with Crippen molar-refractivity contribution in [3.05, 3.63) is 29.8 Å². The zero-order chi connectivity index (χ0) is 14.3. The molecule has 0 spiro atoms.